The summed E-state index contributed by atoms with van der Waals surface area (Å²) >= 11 is 0. The second-order valence-electron chi connectivity index (χ2n) is 8.19. The lowest BCUT2D eigenvalue weighted by Crippen LogP contribution is -2.38. The number of hydrogen-bond donors (Lipinski definition) is 0. The van der Waals surface area contributed by atoms with E-state index >= 15 is 0 Å². The van der Waals surface area contributed by atoms with E-state index in [-0.39, 0.29) is 11.6 Å². The second kappa shape index (κ2) is 7.08. The molecule has 0 fully saturated rings. The standard InChI is InChI=1S/C22H24N6/c1-22(2,3)28-21(24-25-26-28)20(18-10-6-8-16(14-18)15-23)27-13-7-11-17-9-4-5-12-19(17)27/h4-6,8-10,12,14,20H,7,11,13H2,1-3H3/t20-/m0/s1. The number of anilines is 1. The molecule has 0 spiro atoms. The summed E-state index contributed by atoms with van der Waals surface area (Å²) in [6.45, 7) is 7.20. The maximum Gasteiger partial charge on any atom is 0.178 e. The van der Waals surface area contributed by atoms with Gasteiger partial charge in [-0.05, 0) is 73.4 Å². The van der Waals surface area contributed by atoms with E-state index in [1.807, 2.05) is 22.9 Å². The van der Waals surface area contributed by atoms with E-state index in [1.165, 1.54) is 11.3 Å². The quantitative estimate of drug-likeness (QED) is 0.698. The number of rotatable bonds is 3. The van der Waals surface area contributed by atoms with E-state index in [2.05, 4.69) is 77.6 Å². The summed E-state index contributed by atoms with van der Waals surface area (Å²) in [7, 11) is 0. The Balaban J connectivity index is 1.91. The molecule has 0 saturated carbocycles. The van der Waals surface area contributed by atoms with Gasteiger partial charge in [0.1, 0.15) is 6.04 Å². The van der Waals surface area contributed by atoms with Crippen molar-refractivity contribution in [3.8, 4) is 6.07 Å². The summed E-state index contributed by atoms with van der Waals surface area (Å²) in [5.41, 5.74) is 3.97. The third kappa shape index (κ3) is 3.24. The highest BCUT2D eigenvalue weighted by Gasteiger charge is 2.33. The Morgan fingerprint density at radius 3 is 2.71 bits per heavy atom. The Kier molecular flexibility index (Phi) is 4.60. The largest absolute Gasteiger partial charge is 0.357 e. The molecular weight excluding hydrogens is 348 g/mol. The minimum absolute atomic E-state index is 0.163. The van der Waals surface area contributed by atoms with Gasteiger partial charge in [0.2, 0.25) is 0 Å². The number of tetrazole rings is 1. The van der Waals surface area contributed by atoms with Crippen LogP contribution < -0.4 is 4.90 Å². The average molecular weight is 372 g/mol. The van der Waals surface area contributed by atoms with Crippen molar-refractivity contribution < 1.29 is 0 Å². The molecule has 0 N–H and O–H groups in total. The maximum absolute atomic E-state index is 9.42. The number of aryl methyl sites for hydroxylation is 1. The molecule has 6 heteroatoms. The van der Waals surface area contributed by atoms with Gasteiger partial charge in [-0.2, -0.15) is 5.26 Å². The van der Waals surface area contributed by atoms with Gasteiger partial charge in [-0.3, -0.25) is 0 Å². The Morgan fingerprint density at radius 2 is 1.93 bits per heavy atom. The van der Waals surface area contributed by atoms with Crippen LogP contribution in [0, 0.1) is 11.3 Å². The molecule has 0 unspecified atom stereocenters. The fraction of sp³-hybridized carbons (Fsp3) is 0.364. The minimum atomic E-state index is -0.251. The van der Waals surface area contributed by atoms with E-state index in [0.717, 1.165) is 30.8 Å². The van der Waals surface area contributed by atoms with Crippen LogP contribution in [0.2, 0.25) is 0 Å². The molecule has 1 aliphatic rings. The van der Waals surface area contributed by atoms with Gasteiger partial charge in [0.25, 0.3) is 0 Å². The molecule has 142 valence electrons. The number of nitriles is 1. The molecule has 2 aromatic carbocycles. The molecule has 4 rings (SSSR count). The monoisotopic (exact) mass is 372 g/mol. The molecule has 1 aromatic heterocycles. The van der Waals surface area contributed by atoms with Crippen molar-refractivity contribution >= 4 is 5.69 Å². The van der Waals surface area contributed by atoms with Gasteiger partial charge >= 0.3 is 0 Å². The zero-order chi connectivity index (χ0) is 19.7. The molecule has 0 aliphatic carbocycles. The van der Waals surface area contributed by atoms with Crippen LogP contribution in [0.25, 0.3) is 0 Å². The topological polar surface area (TPSA) is 70.6 Å². The van der Waals surface area contributed by atoms with Crippen LogP contribution in [0.5, 0.6) is 0 Å². The van der Waals surface area contributed by atoms with Gasteiger partial charge in [0.15, 0.2) is 5.82 Å². The van der Waals surface area contributed by atoms with E-state index in [9.17, 15) is 5.26 Å². The van der Waals surface area contributed by atoms with E-state index < -0.39 is 0 Å². The first-order valence-corrected chi connectivity index (χ1v) is 9.62. The van der Waals surface area contributed by atoms with Gasteiger partial charge < -0.3 is 4.90 Å². The second-order valence-corrected chi connectivity index (χ2v) is 8.19. The van der Waals surface area contributed by atoms with E-state index in [4.69, 9.17) is 0 Å². The Hall–Kier alpha value is -3.20. The number of para-hydroxylation sites is 1. The zero-order valence-electron chi connectivity index (χ0n) is 16.5. The van der Waals surface area contributed by atoms with Crippen LogP contribution in [0.1, 0.15) is 55.7 Å². The molecule has 0 bridgehead atoms. The number of benzene rings is 2. The third-order valence-corrected chi connectivity index (χ3v) is 5.16. The van der Waals surface area contributed by atoms with Crippen molar-refractivity contribution in [1.29, 1.82) is 5.26 Å². The summed E-state index contributed by atoms with van der Waals surface area (Å²) < 4.78 is 1.90. The van der Waals surface area contributed by atoms with Crippen LogP contribution in [0.15, 0.2) is 48.5 Å². The summed E-state index contributed by atoms with van der Waals surface area (Å²) in [6.07, 6.45) is 2.14. The van der Waals surface area contributed by atoms with Crippen molar-refractivity contribution in [3.05, 3.63) is 71.0 Å². The molecule has 2 heterocycles. The average Bonchev–Trinajstić information content (AvgIpc) is 3.18. The van der Waals surface area contributed by atoms with Crippen LogP contribution in [0.3, 0.4) is 0 Å². The normalized spacial score (nSPS) is 15.0. The van der Waals surface area contributed by atoms with Gasteiger partial charge in [-0.25, -0.2) is 4.68 Å². The molecule has 0 radical (unpaired) electrons. The number of nitrogens with zero attached hydrogens (tertiary/aromatic N) is 6. The third-order valence-electron chi connectivity index (χ3n) is 5.16. The van der Waals surface area contributed by atoms with Gasteiger partial charge in [0, 0.05) is 12.2 Å². The lowest BCUT2D eigenvalue weighted by atomic mass is 9.95. The van der Waals surface area contributed by atoms with Gasteiger partial charge in [-0.15, -0.1) is 5.10 Å². The first-order chi connectivity index (χ1) is 13.5. The maximum atomic E-state index is 9.42. The van der Waals surface area contributed by atoms with E-state index in [0.29, 0.717) is 5.56 Å². The lowest BCUT2D eigenvalue weighted by Gasteiger charge is -2.38. The zero-order valence-corrected chi connectivity index (χ0v) is 16.5. The van der Waals surface area contributed by atoms with Gasteiger partial charge in [-0.1, -0.05) is 30.3 Å². The molecular formula is C22H24N6. The highest BCUT2D eigenvalue weighted by Crippen LogP contribution is 2.38. The Bertz CT molecular complexity index is 1020. The number of fused-ring (bicyclic) bond motifs is 1. The summed E-state index contributed by atoms with van der Waals surface area (Å²) in [5, 5.41) is 22.1. The highest BCUT2D eigenvalue weighted by atomic mass is 15.6. The number of hydrogen-bond acceptors (Lipinski definition) is 5. The Morgan fingerprint density at radius 1 is 1.11 bits per heavy atom. The molecule has 1 aliphatic heterocycles. The van der Waals surface area contributed by atoms with Crippen molar-refractivity contribution in [2.45, 2.75) is 45.2 Å². The summed E-state index contributed by atoms with van der Waals surface area (Å²) in [5.74, 6) is 0.791. The predicted molar refractivity (Wildman–Crippen MR) is 108 cm³/mol. The van der Waals surface area contributed by atoms with Gasteiger partial charge in [0.05, 0.1) is 17.2 Å². The first-order valence-electron chi connectivity index (χ1n) is 9.62. The molecule has 0 amide bonds. The van der Waals surface area contributed by atoms with Crippen molar-refractivity contribution in [2.75, 3.05) is 11.4 Å². The molecule has 3 aromatic rings. The highest BCUT2D eigenvalue weighted by molar-refractivity contribution is 5.58. The number of aromatic nitrogens is 4. The minimum Gasteiger partial charge on any atom is -0.357 e. The van der Waals surface area contributed by atoms with E-state index in [1.54, 1.807) is 0 Å². The molecule has 1 atom stereocenters. The van der Waals surface area contributed by atoms with Crippen molar-refractivity contribution in [3.63, 3.8) is 0 Å². The lowest BCUT2D eigenvalue weighted by molar-refractivity contribution is 0.329. The summed E-state index contributed by atoms with van der Waals surface area (Å²) in [4.78, 5) is 2.38. The van der Waals surface area contributed by atoms with Crippen LogP contribution >= 0.6 is 0 Å². The van der Waals surface area contributed by atoms with Crippen LogP contribution in [-0.4, -0.2) is 26.8 Å². The Labute approximate surface area is 165 Å². The summed E-state index contributed by atoms with van der Waals surface area (Å²) in [6, 6.07) is 18.4. The molecule has 0 saturated heterocycles. The van der Waals surface area contributed by atoms with Crippen molar-refractivity contribution in [1.82, 2.24) is 20.2 Å². The van der Waals surface area contributed by atoms with Crippen molar-refractivity contribution in [2.24, 2.45) is 0 Å². The van der Waals surface area contributed by atoms with Crippen LogP contribution in [-0.2, 0) is 12.0 Å². The molecule has 6 nitrogen and oxygen atoms in total. The predicted octanol–water partition coefficient (Wildman–Crippen LogP) is 3.84. The molecule has 28 heavy (non-hydrogen) atoms. The fourth-order valence-corrected chi connectivity index (χ4v) is 3.92. The first kappa shape index (κ1) is 18.2. The SMILES string of the molecule is CC(C)(C)n1nnnc1[C@H](c1cccc(C#N)c1)N1CCCc2ccccc21. The smallest absolute Gasteiger partial charge is 0.178 e. The van der Waals surface area contributed by atoms with Crippen LogP contribution in [0.4, 0.5) is 5.69 Å². The fourth-order valence-electron chi connectivity index (χ4n) is 3.92.